The monoisotopic (exact) mass is 332 g/mol. The topological polar surface area (TPSA) is 35.9 Å². The zero-order chi connectivity index (χ0) is 16.8. The third-order valence-electron chi connectivity index (χ3n) is 5.53. The fourth-order valence-electron chi connectivity index (χ4n) is 4.37. The first-order valence-electron chi connectivity index (χ1n) is 9.61. The summed E-state index contributed by atoms with van der Waals surface area (Å²) in [4.78, 5) is 5.22. The lowest BCUT2D eigenvalue weighted by Gasteiger charge is -2.44. The maximum absolute atomic E-state index is 9.50. The fourth-order valence-corrected chi connectivity index (χ4v) is 4.37. The first-order chi connectivity index (χ1) is 11.8. The zero-order valence-electron chi connectivity index (χ0n) is 15.0. The molecule has 0 amide bonds. The highest BCUT2D eigenvalue weighted by Gasteiger charge is 2.33. The van der Waals surface area contributed by atoms with Crippen molar-refractivity contribution in [1.29, 1.82) is 0 Å². The van der Waals surface area contributed by atoms with Gasteiger partial charge in [0, 0.05) is 50.4 Å². The minimum atomic E-state index is 0.289. The summed E-state index contributed by atoms with van der Waals surface area (Å²) in [7, 11) is 0. The van der Waals surface area contributed by atoms with E-state index in [0.717, 1.165) is 44.4 Å². The number of piperazine rings is 1. The third-order valence-corrected chi connectivity index (χ3v) is 5.53. The molecule has 24 heavy (non-hydrogen) atoms. The molecule has 4 heteroatoms. The highest BCUT2D eigenvalue weighted by Crippen LogP contribution is 2.29. The molecule has 0 unspecified atom stereocenters. The van der Waals surface area contributed by atoms with Crippen LogP contribution in [0.4, 0.5) is 0 Å². The molecule has 1 aromatic rings. The van der Waals surface area contributed by atoms with Gasteiger partial charge < -0.3 is 9.84 Å². The van der Waals surface area contributed by atoms with Crippen LogP contribution in [-0.2, 0) is 6.54 Å². The second-order valence-electron chi connectivity index (χ2n) is 7.12. The van der Waals surface area contributed by atoms with E-state index in [1.165, 1.54) is 31.2 Å². The highest BCUT2D eigenvalue weighted by molar-refractivity contribution is 5.33. The lowest BCUT2D eigenvalue weighted by molar-refractivity contribution is 0.0264. The molecular weight excluding hydrogens is 300 g/mol. The number of benzene rings is 1. The molecule has 1 atom stereocenters. The van der Waals surface area contributed by atoms with Crippen LogP contribution >= 0.6 is 0 Å². The minimum absolute atomic E-state index is 0.289. The Morgan fingerprint density at radius 1 is 1.17 bits per heavy atom. The van der Waals surface area contributed by atoms with Crippen LogP contribution in [0.25, 0.3) is 0 Å². The van der Waals surface area contributed by atoms with Gasteiger partial charge in [0.1, 0.15) is 5.75 Å². The molecule has 1 saturated carbocycles. The van der Waals surface area contributed by atoms with Crippen molar-refractivity contribution in [2.24, 2.45) is 0 Å². The predicted molar refractivity (Wildman–Crippen MR) is 97.3 cm³/mol. The van der Waals surface area contributed by atoms with Crippen molar-refractivity contribution in [1.82, 2.24) is 9.80 Å². The molecule has 0 bridgehead atoms. The largest absolute Gasteiger partial charge is 0.494 e. The van der Waals surface area contributed by atoms with Crippen molar-refractivity contribution in [3.8, 4) is 5.75 Å². The van der Waals surface area contributed by atoms with Gasteiger partial charge in [0.15, 0.2) is 0 Å². The van der Waals surface area contributed by atoms with Crippen LogP contribution in [0, 0.1) is 0 Å². The van der Waals surface area contributed by atoms with Gasteiger partial charge in [-0.15, -0.1) is 0 Å². The van der Waals surface area contributed by atoms with Gasteiger partial charge >= 0.3 is 0 Å². The van der Waals surface area contributed by atoms with Crippen LogP contribution in [0.15, 0.2) is 24.3 Å². The van der Waals surface area contributed by atoms with Gasteiger partial charge in [0.2, 0.25) is 0 Å². The summed E-state index contributed by atoms with van der Waals surface area (Å²) >= 11 is 0. The van der Waals surface area contributed by atoms with Gasteiger partial charge in [-0.25, -0.2) is 0 Å². The summed E-state index contributed by atoms with van der Waals surface area (Å²) in [5, 5.41) is 9.50. The Kier molecular flexibility index (Phi) is 6.52. The number of hydrogen-bond donors (Lipinski definition) is 1. The fraction of sp³-hybridized carbons (Fsp3) is 0.700. The Balaban J connectivity index is 1.64. The van der Waals surface area contributed by atoms with E-state index in [0.29, 0.717) is 12.6 Å². The Morgan fingerprint density at radius 3 is 2.71 bits per heavy atom. The quantitative estimate of drug-likeness (QED) is 0.833. The van der Waals surface area contributed by atoms with Gasteiger partial charge in [-0.2, -0.15) is 0 Å². The Bertz CT molecular complexity index is 502. The molecule has 2 aliphatic rings. The number of nitrogens with zero attached hydrogens (tertiary/aromatic N) is 2. The lowest BCUT2D eigenvalue weighted by Crippen LogP contribution is -2.56. The van der Waals surface area contributed by atoms with Gasteiger partial charge in [-0.05, 0) is 32.3 Å². The average Bonchev–Trinajstić information content (AvgIpc) is 3.12. The highest BCUT2D eigenvalue weighted by atomic mass is 16.5. The van der Waals surface area contributed by atoms with Crippen molar-refractivity contribution in [2.45, 2.75) is 57.7 Å². The van der Waals surface area contributed by atoms with Crippen LogP contribution < -0.4 is 4.74 Å². The number of para-hydroxylation sites is 1. The molecule has 4 nitrogen and oxygen atoms in total. The second kappa shape index (κ2) is 8.84. The maximum atomic E-state index is 9.50. The number of ether oxygens (including phenoxy) is 1. The van der Waals surface area contributed by atoms with Crippen LogP contribution in [-0.4, -0.2) is 59.8 Å². The standard InChI is InChI=1S/C20H32N2O2/c1-2-24-20-10-6-3-7-17(20)15-21-12-13-22(18-8-4-5-9-18)19(16-21)11-14-23/h3,6-7,10,18-19,23H,2,4-5,8-9,11-16H2,1H3/t19-/m0/s1. The molecular formula is C20H32N2O2. The SMILES string of the molecule is CCOc1ccccc1CN1CCN(C2CCCC2)[C@@H](CCO)C1. The summed E-state index contributed by atoms with van der Waals surface area (Å²) in [5.41, 5.74) is 1.27. The van der Waals surface area contributed by atoms with E-state index in [-0.39, 0.29) is 6.61 Å². The molecule has 2 fully saturated rings. The summed E-state index contributed by atoms with van der Waals surface area (Å²) < 4.78 is 5.78. The normalized spacial score (nSPS) is 23.7. The summed E-state index contributed by atoms with van der Waals surface area (Å²) in [5.74, 6) is 1.01. The predicted octanol–water partition coefficient (Wildman–Crippen LogP) is 2.90. The molecule has 1 aliphatic carbocycles. The first-order valence-corrected chi connectivity index (χ1v) is 9.61. The number of aliphatic hydroxyl groups is 1. The van der Waals surface area contributed by atoms with E-state index in [4.69, 9.17) is 4.74 Å². The minimum Gasteiger partial charge on any atom is -0.494 e. The van der Waals surface area contributed by atoms with Crippen LogP contribution in [0.5, 0.6) is 5.75 Å². The zero-order valence-corrected chi connectivity index (χ0v) is 15.0. The molecule has 3 rings (SSSR count). The van der Waals surface area contributed by atoms with E-state index >= 15 is 0 Å². The number of aliphatic hydroxyl groups excluding tert-OH is 1. The van der Waals surface area contributed by atoms with Crippen molar-refractivity contribution in [3.05, 3.63) is 29.8 Å². The van der Waals surface area contributed by atoms with Crippen molar-refractivity contribution in [2.75, 3.05) is 32.8 Å². The smallest absolute Gasteiger partial charge is 0.123 e. The molecule has 1 aromatic carbocycles. The average molecular weight is 332 g/mol. The van der Waals surface area contributed by atoms with Crippen molar-refractivity contribution in [3.63, 3.8) is 0 Å². The van der Waals surface area contributed by atoms with Crippen LogP contribution in [0.1, 0.15) is 44.6 Å². The van der Waals surface area contributed by atoms with E-state index < -0.39 is 0 Å². The Labute approximate surface area is 146 Å². The molecule has 1 N–H and O–H groups in total. The molecule has 0 aromatic heterocycles. The summed E-state index contributed by atoms with van der Waals surface area (Å²) in [6.45, 7) is 7.27. The number of rotatable bonds is 7. The van der Waals surface area contributed by atoms with Crippen molar-refractivity contribution < 1.29 is 9.84 Å². The third kappa shape index (κ3) is 4.29. The summed E-state index contributed by atoms with van der Waals surface area (Å²) in [6, 6.07) is 9.62. The van der Waals surface area contributed by atoms with E-state index in [1.54, 1.807) is 0 Å². The molecule has 1 saturated heterocycles. The first kappa shape index (κ1) is 17.7. The van der Waals surface area contributed by atoms with Gasteiger partial charge in [0.05, 0.1) is 6.61 Å². The van der Waals surface area contributed by atoms with E-state index in [1.807, 2.05) is 13.0 Å². The molecule has 134 valence electrons. The molecule has 1 heterocycles. The Hall–Kier alpha value is -1.10. The van der Waals surface area contributed by atoms with E-state index in [2.05, 4.69) is 28.0 Å². The van der Waals surface area contributed by atoms with Crippen molar-refractivity contribution >= 4 is 0 Å². The molecule has 1 aliphatic heterocycles. The molecule has 0 spiro atoms. The Morgan fingerprint density at radius 2 is 1.96 bits per heavy atom. The maximum Gasteiger partial charge on any atom is 0.123 e. The lowest BCUT2D eigenvalue weighted by atomic mass is 10.0. The van der Waals surface area contributed by atoms with E-state index in [9.17, 15) is 5.11 Å². The van der Waals surface area contributed by atoms with Crippen LogP contribution in [0.2, 0.25) is 0 Å². The van der Waals surface area contributed by atoms with Gasteiger partial charge in [-0.3, -0.25) is 9.80 Å². The number of hydrogen-bond acceptors (Lipinski definition) is 4. The van der Waals surface area contributed by atoms with Crippen LogP contribution in [0.3, 0.4) is 0 Å². The summed E-state index contributed by atoms with van der Waals surface area (Å²) in [6.07, 6.45) is 6.32. The van der Waals surface area contributed by atoms with Gasteiger partial charge in [0.25, 0.3) is 0 Å². The second-order valence-corrected chi connectivity index (χ2v) is 7.12. The molecule has 0 radical (unpaired) electrons. The van der Waals surface area contributed by atoms with Gasteiger partial charge in [-0.1, -0.05) is 31.0 Å².